The zero-order valence-corrected chi connectivity index (χ0v) is 18.2. The van der Waals surface area contributed by atoms with E-state index in [0.717, 1.165) is 12.0 Å². The molecule has 0 heterocycles. The molecule has 1 aromatic rings. The number of halogens is 1. The molecule has 1 rings (SSSR count). The Bertz CT molecular complexity index is 605. The molecule has 0 aliphatic heterocycles. The number of guanidine groups is 1. The van der Waals surface area contributed by atoms with Crippen molar-refractivity contribution in [2.75, 3.05) is 27.2 Å². The summed E-state index contributed by atoms with van der Waals surface area (Å²) in [6.45, 7) is 5.06. The molecule has 4 N–H and O–H groups in total. The van der Waals surface area contributed by atoms with Gasteiger partial charge in [-0.25, -0.2) is 0 Å². The third-order valence-corrected chi connectivity index (χ3v) is 3.44. The zero-order chi connectivity index (χ0) is 18.7. The smallest absolute Gasteiger partial charge is 0.251 e. The highest BCUT2D eigenvalue weighted by molar-refractivity contribution is 14.0. The molecule has 26 heavy (non-hydrogen) atoms. The fourth-order valence-electron chi connectivity index (χ4n) is 2.25. The van der Waals surface area contributed by atoms with Crippen molar-refractivity contribution in [2.24, 2.45) is 4.99 Å². The van der Waals surface area contributed by atoms with E-state index in [1.54, 1.807) is 20.2 Å². The van der Waals surface area contributed by atoms with E-state index in [9.17, 15) is 9.59 Å². The van der Waals surface area contributed by atoms with Crippen LogP contribution < -0.4 is 21.3 Å². The average Bonchev–Trinajstić information content (AvgIpc) is 2.59. The van der Waals surface area contributed by atoms with Crippen molar-refractivity contribution in [3.05, 3.63) is 35.4 Å². The number of hydrogen-bond acceptors (Lipinski definition) is 3. The van der Waals surface area contributed by atoms with Gasteiger partial charge in [0.05, 0.1) is 0 Å². The lowest BCUT2D eigenvalue weighted by Crippen LogP contribution is -2.40. The molecule has 8 heteroatoms. The molecule has 0 saturated heterocycles. The summed E-state index contributed by atoms with van der Waals surface area (Å²) in [5.41, 5.74) is 1.72. The molecule has 7 nitrogen and oxygen atoms in total. The van der Waals surface area contributed by atoms with Crippen LogP contribution in [0.25, 0.3) is 0 Å². The highest BCUT2D eigenvalue weighted by Gasteiger charge is 2.05. The van der Waals surface area contributed by atoms with Crippen molar-refractivity contribution in [3.8, 4) is 0 Å². The van der Waals surface area contributed by atoms with Crippen molar-refractivity contribution >= 4 is 41.8 Å². The maximum absolute atomic E-state index is 11.6. The molecule has 146 valence electrons. The van der Waals surface area contributed by atoms with E-state index in [1.807, 2.05) is 32.0 Å². The zero-order valence-electron chi connectivity index (χ0n) is 15.9. The molecular formula is C18H30IN5O2. The van der Waals surface area contributed by atoms with Crippen LogP contribution >= 0.6 is 24.0 Å². The van der Waals surface area contributed by atoms with Crippen molar-refractivity contribution in [1.82, 2.24) is 21.3 Å². The van der Waals surface area contributed by atoms with E-state index >= 15 is 0 Å². The molecular weight excluding hydrogens is 445 g/mol. The van der Waals surface area contributed by atoms with Crippen LogP contribution in [0, 0.1) is 0 Å². The van der Waals surface area contributed by atoms with Gasteiger partial charge in [-0.05, 0) is 38.0 Å². The van der Waals surface area contributed by atoms with Crippen LogP contribution in [0.2, 0.25) is 0 Å². The van der Waals surface area contributed by atoms with E-state index in [0.29, 0.717) is 31.0 Å². The maximum Gasteiger partial charge on any atom is 0.251 e. The Morgan fingerprint density at radius 1 is 1.15 bits per heavy atom. The van der Waals surface area contributed by atoms with Crippen LogP contribution in [0.4, 0.5) is 0 Å². The minimum absolute atomic E-state index is 0. The van der Waals surface area contributed by atoms with Gasteiger partial charge in [-0.3, -0.25) is 14.6 Å². The minimum atomic E-state index is -0.0908. The highest BCUT2D eigenvalue weighted by Crippen LogP contribution is 2.05. The Hall–Kier alpha value is -1.84. The molecule has 0 unspecified atom stereocenters. The number of amides is 2. The van der Waals surface area contributed by atoms with Gasteiger partial charge in [0, 0.05) is 45.2 Å². The lowest BCUT2D eigenvalue weighted by Gasteiger charge is -2.13. The van der Waals surface area contributed by atoms with E-state index < -0.39 is 0 Å². The summed E-state index contributed by atoms with van der Waals surface area (Å²) in [5, 5.41) is 11.8. The normalized spacial score (nSPS) is 10.7. The average molecular weight is 475 g/mol. The molecule has 0 spiro atoms. The predicted octanol–water partition coefficient (Wildman–Crippen LogP) is 1.29. The number of hydrogen-bond donors (Lipinski definition) is 4. The lowest BCUT2D eigenvalue weighted by atomic mass is 10.1. The van der Waals surface area contributed by atoms with Crippen LogP contribution in [0.1, 0.15) is 36.2 Å². The van der Waals surface area contributed by atoms with Crippen molar-refractivity contribution in [1.29, 1.82) is 0 Å². The fourth-order valence-corrected chi connectivity index (χ4v) is 2.25. The van der Waals surface area contributed by atoms with Crippen molar-refractivity contribution in [2.45, 2.75) is 32.7 Å². The SMILES string of the molecule is CN=C(NCCC(=O)NC(C)C)NCCc1cccc(C(=O)NC)c1.I. The minimum Gasteiger partial charge on any atom is -0.356 e. The van der Waals surface area contributed by atoms with Gasteiger partial charge < -0.3 is 21.3 Å². The van der Waals surface area contributed by atoms with E-state index in [4.69, 9.17) is 0 Å². The number of carbonyl (C=O) groups is 2. The third-order valence-electron chi connectivity index (χ3n) is 3.44. The molecule has 0 aromatic heterocycles. The standard InChI is InChI=1S/C18H29N5O2.HI/c1-13(2)23-16(24)9-11-22-18(20-4)21-10-8-14-6-5-7-15(12-14)17(25)19-3;/h5-7,12-13H,8-11H2,1-4H3,(H,19,25)(H,23,24)(H2,20,21,22);1H. The van der Waals surface area contributed by atoms with Crippen LogP contribution in [0.5, 0.6) is 0 Å². The molecule has 0 saturated carbocycles. The van der Waals surface area contributed by atoms with Gasteiger partial charge in [0.25, 0.3) is 5.91 Å². The van der Waals surface area contributed by atoms with Gasteiger partial charge in [0.1, 0.15) is 0 Å². The Morgan fingerprint density at radius 2 is 1.85 bits per heavy atom. The van der Waals surface area contributed by atoms with Gasteiger partial charge in [-0.15, -0.1) is 24.0 Å². The molecule has 0 bridgehead atoms. The molecule has 0 aliphatic carbocycles. The summed E-state index contributed by atoms with van der Waals surface area (Å²) < 4.78 is 0. The molecule has 0 fully saturated rings. The van der Waals surface area contributed by atoms with E-state index in [-0.39, 0.29) is 41.8 Å². The second-order valence-electron chi connectivity index (χ2n) is 5.93. The first kappa shape index (κ1) is 24.2. The van der Waals surface area contributed by atoms with Crippen LogP contribution in [-0.4, -0.2) is 51.0 Å². The van der Waals surface area contributed by atoms with E-state index in [1.165, 1.54) is 0 Å². The van der Waals surface area contributed by atoms with E-state index in [2.05, 4.69) is 26.3 Å². The molecule has 0 aliphatic rings. The number of nitrogens with zero attached hydrogens (tertiary/aromatic N) is 1. The lowest BCUT2D eigenvalue weighted by molar-refractivity contribution is -0.121. The second-order valence-corrected chi connectivity index (χ2v) is 5.93. The molecule has 2 amide bonds. The van der Waals surface area contributed by atoms with Crippen molar-refractivity contribution < 1.29 is 9.59 Å². The number of carbonyl (C=O) groups excluding carboxylic acids is 2. The van der Waals surface area contributed by atoms with Gasteiger partial charge in [0.2, 0.25) is 5.91 Å². The van der Waals surface area contributed by atoms with Gasteiger partial charge in [-0.2, -0.15) is 0 Å². The highest BCUT2D eigenvalue weighted by atomic mass is 127. The quantitative estimate of drug-likeness (QED) is 0.259. The maximum atomic E-state index is 11.6. The fraction of sp³-hybridized carbons (Fsp3) is 0.500. The summed E-state index contributed by atoms with van der Waals surface area (Å²) >= 11 is 0. The summed E-state index contributed by atoms with van der Waals surface area (Å²) in [6, 6.07) is 7.68. The Kier molecular flexibility index (Phi) is 12.4. The first-order valence-electron chi connectivity index (χ1n) is 8.51. The van der Waals surface area contributed by atoms with Crippen LogP contribution in [-0.2, 0) is 11.2 Å². The number of nitrogens with one attached hydrogen (secondary N) is 4. The molecule has 0 radical (unpaired) electrons. The number of rotatable bonds is 8. The Balaban J connectivity index is 0.00000625. The topological polar surface area (TPSA) is 94.6 Å². The Labute approximate surface area is 172 Å². The predicted molar refractivity (Wildman–Crippen MR) is 116 cm³/mol. The molecule has 1 aromatic carbocycles. The van der Waals surface area contributed by atoms with Gasteiger partial charge in [-0.1, -0.05) is 12.1 Å². The first-order chi connectivity index (χ1) is 12.0. The molecule has 0 atom stereocenters. The second kappa shape index (κ2) is 13.4. The summed E-state index contributed by atoms with van der Waals surface area (Å²) in [4.78, 5) is 27.4. The third kappa shape index (κ3) is 9.59. The van der Waals surface area contributed by atoms with Gasteiger partial charge in [0.15, 0.2) is 5.96 Å². The summed E-state index contributed by atoms with van der Waals surface area (Å²) in [5.74, 6) is 0.579. The first-order valence-corrected chi connectivity index (χ1v) is 8.51. The van der Waals surface area contributed by atoms with Crippen LogP contribution in [0.3, 0.4) is 0 Å². The van der Waals surface area contributed by atoms with Crippen molar-refractivity contribution in [3.63, 3.8) is 0 Å². The summed E-state index contributed by atoms with van der Waals surface area (Å²) in [7, 11) is 3.31. The monoisotopic (exact) mass is 475 g/mol. The van der Waals surface area contributed by atoms with Crippen LogP contribution in [0.15, 0.2) is 29.3 Å². The Morgan fingerprint density at radius 3 is 2.46 bits per heavy atom. The number of benzene rings is 1. The number of aliphatic imine (C=N–C) groups is 1. The summed E-state index contributed by atoms with van der Waals surface area (Å²) in [6.07, 6.45) is 1.16. The largest absolute Gasteiger partial charge is 0.356 e. The van der Waals surface area contributed by atoms with Gasteiger partial charge >= 0.3 is 0 Å².